The molecule has 0 atom stereocenters. The third-order valence-corrected chi connectivity index (χ3v) is 3.94. The van der Waals surface area contributed by atoms with Crippen LogP contribution in [0.5, 0.6) is 0 Å². The summed E-state index contributed by atoms with van der Waals surface area (Å²) in [6.07, 6.45) is 0. The summed E-state index contributed by atoms with van der Waals surface area (Å²) in [5.41, 5.74) is 2.70. The molecule has 22 heavy (non-hydrogen) atoms. The van der Waals surface area contributed by atoms with Gasteiger partial charge in [0.15, 0.2) is 5.78 Å². The van der Waals surface area contributed by atoms with Crippen LogP contribution in [0.3, 0.4) is 0 Å². The lowest BCUT2D eigenvalue weighted by molar-refractivity contribution is -0.921. The van der Waals surface area contributed by atoms with E-state index >= 15 is 0 Å². The summed E-state index contributed by atoms with van der Waals surface area (Å²) in [6, 6.07) is 17.4. The molecule has 0 spiro atoms. The summed E-state index contributed by atoms with van der Waals surface area (Å²) in [5, 5.41) is 0. The average molecular weight is 318 g/mol. The highest BCUT2D eigenvalue weighted by Gasteiger charge is 2.19. The summed E-state index contributed by atoms with van der Waals surface area (Å²) in [5.74, 6) is 0.110. The number of ketones is 1. The van der Waals surface area contributed by atoms with Gasteiger partial charge in [-0.25, -0.2) is 0 Å². The molecule has 1 heterocycles. The van der Waals surface area contributed by atoms with Crippen molar-refractivity contribution < 1.29 is 26.8 Å². The summed E-state index contributed by atoms with van der Waals surface area (Å²) in [6.45, 7) is 4.52. The first kappa shape index (κ1) is 16.7. The van der Waals surface area contributed by atoms with Gasteiger partial charge in [-0.3, -0.25) is 4.79 Å². The molecule has 3 nitrogen and oxygen atoms in total. The fourth-order valence-electron chi connectivity index (χ4n) is 2.75. The summed E-state index contributed by atoms with van der Waals surface area (Å²) in [4.78, 5) is 14.2. The van der Waals surface area contributed by atoms with Crippen LogP contribution in [0.4, 0.5) is 0 Å². The number of hydrogen-bond acceptors (Lipinski definition) is 2. The summed E-state index contributed by atoms with van der Waals surface area (Å²) < 4.78 is 5.40. The molecule has 3 rings (SSSR count). The predicted molar refractivity (Wildman–Crippen MR) is 81.5 cm³/mol. The van der Waals surface area contributed by atoms with Crippen LogP contribution in [-0.4, -0.2) is 32.1 Å². The van der Waals surface area contributed by atoms with Crippen molar-refractivity contribution in [2.75, 3.05) is 26.3 Å². The minimum absolute atomic E-state index is 0. The average Bonchev–Trinajstić information content (AvgIpc) is 2.56. The van der Waals surface area contributed by atoms with E-state index in [0.29, 0.717) is 0 Å². The van der Waals surface area contributed by atoms with E-state index < -0.39 is 0 Å². The number of ether oxygens (including phenoxy) is 1. The molecule has 0 radical (unpaired) electrons. The van der Waals surface area contributed by atoms with Crippen molar-refractivity contribution in [3.63, 3.8) is 0 Å². The van der Waals surface area contributed by atoms with Gasteiger partial charge in [0.05, 0.1) is 13.2 Å². The van der Waals surface area contributed by atoms with Gasteiger partial charge in [0.25, 0.3) is 0 Å². The molecule has 1 aliphatic heterocycles. The molecule has 2 aromatic carbocycles. The van der Waals surface area contributed by atoms with Crippen LogP contribution in [-0.2, 0) is 11.3 Å². The lowest BCUT2D eigenvalue weighted by Crippen LogP contribution is -3.12. The first-order valence-electron chi connectivity index (χ1n) is 7.43. The van der Waals surface area contributed by atoms with Crippen LogP contribution >= 0.6 is 0 Å². The highest BCUT2D eigenvalue weighted by molar-refractivity contribution is 6.09. The van der Waals surface area contributed by atoms with Crippen molar-refractivity contribution in [3.05, 3.63) is 71.3 Å². The molecule has 116 valence electrons. The second-order valence-electron chi connectivity index (χ2n) is 5.39. The van der Waals surface area contributed by atoms with Gasteiger partial charge in [-0.1, -0.05) is 54.6 Å². The first-order valence-corrected chi connectivity index (χ1v) is 7.43. The van der Waals surface area contributed by atoms with Gasteiger partial charge < -0.3 is 22.0 Å². The molecular formula is C18H20ClNO2. The van der Waals surface area contributed by atoms with Crippen LogP contribution in [0.25, 0.3) is 0 Å². The fourth-order valence-corrected chi connectivity index (χ4v) is 2.75. The number of rotatable bonds is 4. The van der Waals surface area contributed by atoms with Gasteiger partial charge in [-0.05, 0) is 0 Å². The molecule has 0 aliphatic carbocycles. The topological polar surface area (TPSA) is 30.7 Å². The highest BCUT2D eigenvalue weighted by atomic mass is 35.5. The maximum Gasteiger partial charge on any atom is 0.193 e. The SMILES string of the molecule is O=C(c1ccccc1)c1ccccc1C[NH+]1CCOCC1.[Cl-]. The molecule has 0 aromatic heterocycles. The number of nitrogens with one attached hydrogen (secondary N) is 1. The minimum atomic E-state index is 0. The number of quaternary nitrogens is 1. The molecule has 1 N–H and O–H groups in total. The van der Waals surface area contributed by atoms with Crippen LogP contribution in [0.1, 0.15) is 21.5 Å². The van der Waals surface area contributed by atoms with E-state index in [9.17, 15) is 4.79 Å². The van der Waals surface area contributed by atoms with E-state index in [1.807, 2.05) is 48.5 Å². The van der Waals surface area contributed by atoms with E-state index in [-0.39, 0.29) is 18.2 Å². The number of carbonyl (C=O) groups is 1. The number of benzene rings is 2. The van der Waals surface area contributed by atoms with Gasteiger partial charge in [-0.15, -0.1) is 0 Å². The molecule has 0 unspecified atom stereocenters. The Morgan fingerprint density at radius 1 is 0.955 bits per heavy atom. The smallest absolute Gasteiger partial charge is 0.193 e. The maximum absolute atomic E-state index is 12.7. The molecule has 1 saturated heterocycles. The van der Waals surface area contributed by atoms with Crippen molar-refractivity contribution in [2.24, 2.45) is 0 Å². The Kier molecular flexibility index (Phi) is 6.13. The third kappa shape index (κ3) is 3.95. The zero-order valence-corrected chi connectivity index (χ0v) is 13.2. The van der Waals surface area contributed by atoms with E-state index in [1.54, 1.807) is 0 Å². The summed E-state index contributed by atoms with van der Waals surface area (Å²) >= 11 is 0. The number of hydrogen-bond donors (Lipinski definition) is 1. The Hall–Kier alpha value is -1.68. The molecule has 4 heteroatoms. The standard InChI is InChI=1S/C18H19NO2.ClH/c20-18(15-6-2-1-3-7-15)17-9-5-4-8-16(17)14-19-10-12-21-13-11-19;/h1-9H,10-14H2;1H. The number of carbonyl (C=O) groups excluding carboxylic acids is 1. The Bertz CT molecular complexity index is 609. The van der Waals surface area contributed by atoms with E-state index in [4.69, 9.17) is 4.74 Å². The predicted octanol–water partition coefficient (Wildman–Crippen LogP) is -1.66. The van der Waals surface area contributed by atoms with Gasteiger partial charge in [0, 0.05) is 16.7 Å². The van der Waals surface area contributed by atoms with Crippen molar-refractivity contribution in [1.29, 1.82) is 0 Å². The molecule has 0 amide bonds. The lowest BCUT2D eigenvalue weighted by Gasteiger charge is -2.24. The molecule has 0 bridgehead atoms. The second kappa shape index (κ2) is 8.08. The Balaban J connectivity index is 0.00000176. The molecular weight excluding hydrogens is 298 g/mol. The van der Waals surface area contributed by atoms with Crippen molar-refractivity contribution in [2.45, 2.75) is 6.54 Å². The fraction of sp³-hybridized carbons (Fsp3) is 0.278. The Morgan fingerprint density at radius 2 is 1.59 bits per heavy atom. The zero-order chi connectivity index (χ0) is 14.5. The van der Waals surface area contributed by atoms with Crippen LogP contribution in [0.15, 0.2) is 54.6 Å². The van der Waals surface area contributed by atoms with Gasteiger partial charge >= 0.3 is 0 Å². The van der Waals surface area contributed by atoms with Crippen LogP contribution in [0.2, 0.25) is 0 Å². The monoisotopic (exact) mass is 317 g/mol. The lowest BCUT2D eigenvalue weighted by atomic mass is 9.98. The Morgan fingerprint density at radius 3 is 2.32 bits per heavy atom. The van der Waals surface area contributed by atoms with Gasteiger partial charge in [-0.2, -0.15) is 0 Å². The van der Waals surface area contributed by atoms with Gasteiger partial charge in [0.1, 0.15) is 19.6 Å². The Labute approximate surface area is 137 Å². The number of halogens is 1. The summed E-state index contributed by atoms with van der Waals surface area (Å²) in [7, 11) is 0. The maximum atomic E-state index is 12.7. The quantitative estimate of drug-likeness (QED) is 0.684. The minimum Gasteiger partial charge on any atom is -1.00 e. The second-order valence-corrected chi connectivity index (χ2v) is 5.39. The zero-order valence-electron chi connectivity index (χ0n) is 12.4. The van der Waals surface area contributed by atoms with Crippen molar-refractivity contribution >= 4 is 5.78 Å². The van der Waals surface area contributed by atoms with Gasteiger partial charge in [0.2, 0.25) is 0 Å². The number of morpholine rings is 1. The highest BCUT2D eigenvalue weighted by Crippen LogP contribution is 2.14. The first-order chi connectivity index (χ1) is 10.3. The largest absolute Gasteiger partial charge is 1.00 e. The normalized spacial score (nSPS) is 15.1. The van der Waals surface area contributed by atoms with Crippen LogP contribution in [0, 0.1) is 0 Å². The molecule has 2 aromatic rings. The molecule has 0 saturated carbocycles. The third-order valence-electron chi connectivity index (χ3n) is 3.94. The van der Waals surface area contributed by atoms with Crippen molar-refractivity contribution in [3.8, 4) is 0 Å². The van der Waals surface area contributed by atoms with Crippen LogP contribution < -0.4 is 17.3 Å². The van der Waals surface area contributed by atoms with Crippen molar-refractivity contribution in [1.82, 2.24) is 0 Å². The molecule has 1 fully saturated rings. The van der Waals surface area contributed by atoms with E-state index in [0.717, 1.165) is 49.5 Å². The van der Waals surface area contributed by atoms with E-state index in [1.165, 1.54) is 4.90 Å². The van der Waals surface area contributed by atoms with E-state index in [2.05, 4.69) is 6.07 Å². The molecule has 1 aliphatic rings.